The number of aryl methyl sites for hydroxylation is 1. The minimum Gasteiger partial charge on any atom is -0.391 e. The molecule has 1 aromatic heterocycles. The number of ether oxygens (including phenoxy) is 1. The molecular weight excluding hydrogens is 192 g/mol. The van der Waals surface area contributed by atoms with E-state index in [4.69, 9.17) is 4.74 Å². The van der Waals surface area contributed by atoms with Crippen LogP contribution in [-0.4, -0.2) is 36.5 Å². The molecule has 0 amide bonds. The highest BCUT2D eigenvalue weighted by Crippen LogP contribution is 2.04. The molecule has 1 unspecified atom stereocenters. The number of aromatic nitrogens is 1. The fourth-order valence-corrected chi connectivity index (χ4v) is 1.21. The zero-order chi connectivity index (χ0) is 11.1. The molecule has 4 nitrogen and oxygen atoms in total. The van der Waals surface area contributed by atoms with Gasteiger partial charge in [0.05, 0.1) is 12.7 Å². The lowest BCUT2D eigenvalue weighted by atomic mass is 10.2. The quantitative estimate of drug-likeness (QED) is 0.740. The van der Waals surface area contributed by atoms with Gasteiger partial charge in [0.1, 0.15) is 5.82 Å². The molecule has 0 saturated heterocycles. The Balaban J connectivity index is 2.22. The molecule has 0 fully saturated rings. The van der Waals surface area contributed by atoms with E-state index in [0.717, 1.165) is 11.4 Å². The molecule has 0 spiro atoms. The third-order valence-corrected chi connectivity index (χ3v) is 2.05. The van der Waals surface area contributed by atoms with Gasteiger partial charge in [0.25, 0.3) is 0 Å². The number of pyridine rings is 1. The first kappa shape index (κ1) is 11.9. The van der Waals surface area contributed by atoms with E-state index in [2.05, 4.69) is 10.3 Å². The second kappa shape index (κ2) is 6.37. The molecular formula is C11H18N2O2. The predicted molar refractivity (Wildman–Crippen MR) is 60.0 cm³/mol. The first-order valence-corrected chi connectivity index (χ1v) is 5.06. The van der Waals surface area contributed by atoms with Gasteiger partial charge in [0.15, 0.2) is 0 Å². The number of hydrogen-bond acceptors (Lipinski definition) is 4. The van der Waals surface area contributed by atoms with Gasteiger partial charge in [-0.1, -0.05) is 6.07 Å². The molecule has 15 heavy (non-hydrogen) atoms. The van der Waals surface area contributed by atoms with Gasteiger partial charge in [-0.2, -0.15) is 0 Å². The largest absolute Gasteiger partial charge is 0.391 e. The second-order valence-corrected chi connectivity index (χ2v) is 3.55. The van der Waals surface area contributed by atoms with E-state index in [-0.39, 0.29) is 0 Å². The maximum absolute atomic E-state index is 9.39. The number of nitrogens with one attached hydrogen (secondary N) is 1. The van der Waals surface area contributed by atoms with E-state index in [9.17, 15) is 5.11 Å². The van der Waals surface area contributed by atoms with Crippen LogP contribution in [0.4, 0.5) is 5.82 Å². The summed E-state index contributed by atoms with van der Waals surface area (Å²) in [4.78, 5) is 4.20. The summed E-state index contributed by atoms with van der Waals surface area (Å²) in [6.45, 7) is 3.07. The van der Waals surface area contributed by atoms with E-state index in [1.807, 2.05) is 25.3 Å². The zero-order valence-electron chi connectivity index (χ0n) is 9.23. The van der Waals surface area contributed by atoms with Gasteiger partial charge in [-0.05, 0) is 25.0 Å². The van der Waals surface area contributed by atoms with Crippen LogP contribution in [0.1, 0.15) is 12.0 Å². The molecule has 4 heteroatoms. The normalized spacial score (nSPS) is 12.5. The Morgan fingerprint density at radius 3 is 2.93 bits per heavy atom. The van der Waals surface area contributed by atoms with Gasteiger partial charge >= 0.3 is 0 Å². The molecule has 0 bridgehead atoms. The summed E-state index contributed by atoms with van der Waals surface area (Å²) >= 11 is 0. The van der Waals surface area contributed by atoms with E-state index in [1.165, 1.54) is 0 Å². The SMILES string of the molecule is COCC(O)CCNc1ccc(C)cn1. The standard InChI is InChI=1S/C11H18N2O2/c1-9-3-4-11(13-7-9)12-6-5-10(14)8-15-2/h3-4,7,10,14H,5-6,8H2,1-2H3,(H,12,13). The van der Waals surface area contributed by atoms with Gasteiger partial charge in [0.2, 0.25) is 0 Å². The smallest absolute Gasteiger partial charge is 0.125 e. The lowest BCUT2D eigenvalue weighted by Gasteiger charge is -2.10. The number of nitrogens with zero attached hydrogens (tertiary/aromatic N) is 1. The van der Waals surface area contributed by atoms with Crippen LogP contribution in [0.3, 0.4) is 0 Å². The highest BCUT2D eigenvalue weighted by Gasteiger charge is 2.02. The molecule has 84 valence electrons. The summed E-state index contributed by atoms with van der Waals surface area (Å²) in [5.74, 6) is 0.838. The third-order valence-electron chi connectivity index (χ3n) is 2.05. The van der Waals surface area contributed by atoms with Crippen molar-refractivity contribution in [2.75, 3.05) is 25.6 Å². The van der Waals surface area contributed by atoms with Crippen molar-refractivity contribution in [2.24, 2.45) is 0 Å². The first-order chi connectivity index (χ1) is 7.22. The van der Waals surface area contributed by atoms with Gasteiger partial charge in [-0.15, -0.1) is 0 Å². The van der Waals surface area contributed by atoms with E-state index < -0.39 is 6.10 Å². The molecule has 1 atom stereocenters. The average molecular weight is 210 g/mol. The van der Waals surface area contributed by atoms with Crippen molar-refractivity contribution in [3.8, 4) is 0 Å². The minimum absolute atomic E-state index is 0.378. The second-order valence-electron chi connectivity index (χ2n) is 3.55. The average Bonchev–Trinajstić information content (AvgIpc) is 2.21. The van der Waals surface area contributed by atoms with Crippen LogP contribution in [0, 0.1) is 6.92 Å². The van der Waals surface area contributed by atoms with Gasteiger partial charge in [0, 0.05) is 19.9 Å². The maximum Gasteiger partial charge on any atom is 0.125 e. The Morgan fingerprint density at radius 1 is 1.53 bits per heavy atom. The molecule has 0 saturated carbocycles. The first-order valence-electron chi connectivity index (χ1n) is 5.06. The molecule has 0 aliphatic heterocycles. The molecule has 0 aliphatic carbocycles. The van der Waals surface area contributed by atoms with Gasteiger partial charge < -0.3 is 15.2 Å². The van der Waals surface area contributed by atoms with Crippen LogP contribution in [0.15, 0.2) is 18.3 Å². The summed E-state index contributed by atoms with van der Waals surface area (Å²) in [5.41, 5.74) is 1.14. The third kappa shape index (κ3) is 4.76. The summed E-state index contributed by atoms with van der Waals surface area (Å²) in [5, 5.41) is 12.5. The highest BCUT2D eigenvalue weighted by atomic mass is 16.5. The van der Waals surface area contributed by atoms with Gasteiger partial charge in [-0.25, -0.2) is 4.98 Å². The summed E-state index contributed by atoms with van der Waals surface area (Å²) in [6, 6.07) is 3.93. The fraction of sp³-hybridized carbons (Fsp3) is 0.545. The Bertz CT molecular complexity index is 274. The topological polar surface area (TPSA) is 54.4 Å². The van der Waals surface area contributed by atoms with Crippen LogP contribution in [-0.2, 0) is 4.74 Å². The lowest BCUT2D eigenvalue weighted by Crippen LogP contribution is -2.18. The predicted octanol–water partition coefficient (Wildman–Crippen LogP) is 1.20. The van der Waals surface area contributed by atoms with Crippen molar-refractivity contribution in [2.45, 2.75) is 19.4 Å². The van der Waals surface area contributed by atoms with Crippen LogP contribution >= 0.6 is 0 Å². The Labute approximate surface area is 90.3 Å². The van der Waals surface area contributed by atoms with Crippen LogP contribution in [0.5, 0.6) is 0 Å². The number of methoxy groups -OCH3 is 1. The summed E-state index contributed by atoms with van der Waals surface area (Å²) < 4.78 is 4.83. The van der Waals surface area contributed by atoms with Gasteiger partial charge in [-0.3, -0.25) is 0 Å². The maximum atomic E-state index is 9.39. The molecule has 2 N–H and O–H groups in total. The molecule has 1 aromatic rings. The van der Waals surface area contributed by atoms with Crippen molar-refractivity contribution >= 4 is 5.82 Å². The van der Waals surface area contributed by atoms with E-state index in [1.54, 1.807) is 7.11 Å². The molecule has 0 aliphatic rings. The van der Waals surface area contributed by atoms with Crippen molar-refractivity contribution < 1.29 is 9.84 Å². The van der Waals surface area contributed by atoms with Crippen molar-refractivity contribution in [3.05, 3.63) is 23.9 Å². The van der Waals surface area contributed by atoms with E-state index >= 15 is 0 Å². The minimum atomic E-state index is -0.409. The summed E-state index contributed by atoms with van der Waals surface area (Å²) in [6.07, 6.45) is 2.06. The van der Waals surface area contributed by atoms with Crippen LogP contribution < -0.4 is 5.32 Å². The number of anilines is 1. The monoisotopic (exact) mass is 210 g/mol. The molecule has 0 aromatic carbocycles. The molecule has 0 radical (unpaired) electrons. The van der Waals surface area contributed by atoms with Crippen LogP contribution in [0.25, 0.3) is 0 Å². The summed E-state index contributed by atoms with van der Waals surface area (Å²) in [7, 11) is 1.58. The number of aliphatic hydroxyl groups excluding tert-OH is 1. The zero-order valence-corrected chi connectivity index (χ0v) is 9.23. The van der Waals surface area contributed by atoms with Crippen molar-refractivity contribution in [3.63, 3.8) is 0 Å². The lowest BCUT2D eigenvalue weighted by molar-refractivity contribution is 0.0615. The molecule has 1 rings (SSSR count). The Kier molecular flexibility index (Phi) is 5.07. The van der Waals surface area contributed by atoms with E-state index in [0.29, 0.717) is 19.6 Å². The number of aliphatic hydroxyl groups is 1. The number of hydrogen-bond donors (Lipinski definition) is 2. The number of rotatable bonds is 6. The van der Waals surface area contributed by atoms with Crippen molar-refractivity contribution in [1.29, 1.82) is 0 Å². The Morgan fingerprint density at radius 2 is 2.33 bits per heavy atom. The molecule has 1 heterocycles. The Hall–Kier alpha value is -1.13. The van der Waals surface area contributed by atoms with Crippen molar-refractivity contribution in [1.82, 2.24) is 4.98 Å². The van der Waals surface area contributed by atoms with Crippen LogP contribution in [0.2, 0.25) is 0 Å². The highest BCUT2D eigenvalue weighted by molar-refractivity contribution is 5.34. The fourth-order valence-electron chi connectivity index (χ4n) is 1.21.